The van der Waals surface area contributed by atoms with Gasteiger partial charge in [-0.15, -0.1) is 0 Å². The summed E-state index contributed by atoms with van der Waals surface area (Å²) >= 11 is 5.79. The number of halogens is 4. The fourth-order valence-corrected chi connectivity index (χ4v) is 4.73. The second-order valence-electron chi connectivity index (χ2n) is 5.39. The van der Waals surface area contributed by atoms with Gasteiger partial charge in [-0.1, -0.05) is 11.6 Å². The van der Waals surface area contributed by atoms with Gasteiger partial charge in [0.2, 0.25) is 10.0 Å². The molecule has 2 rings (SSSR count). The predicted molar refractivity (Wildman–Crippen MR) is 77.0 cm³/mol. The zero-order valence-corrected chi connectivity index (χ0v) is 13.3. The summed E-state index contributed by atoms with van der Waals surface area (Å²) in [7, 11) is -3.95. The van der Waals surface area contributed by atoms with Crippen LogP contribution in [0.4, 0.5) is 13.2 Å². The summed E-state index contributed by atoms with van der Waals surface area (Å²) in [6.07, 6.45) is -3.57. The number of benzene rings is 1. The molecular formula is C13H16ClF3N2O2S. The highest BCUT2D eigenvalue weighted by Gasteiger charge is 2.36. The molecule has 0 amide bonds. The van der Waals surface area contributed by atoms with Gasteiger partial charge >= 0.3 is 6.18 Å². The molecule has 0 aliphatic carbocycles. The number of alkyl halides is 3. The molecule has 124 valence electrons. The molecule has 1 saturated heterocycles. The summed E-state index contributed by atoms with van der Waals surface area (Å²) < 4.78 is 64.3. The highest BCUT2D eigenvalue weighted by molar-refractivity contribution is 7.89. The zero-order valence-electron chi connectivity index (χ0n) is 11.8. The van der Waals surface area contributed by atoms with Gasteiger partial charge in [0, 0.05) is 18.6 Å². The van der Waals surface area contributed by atoms with Crippen LogP contribution in [-0.4, -0.2) is 31.4 Å². The summed E-state index contributed by atoms with van der Waals surface area (Å²) in [4.78, 5) is -0.315. The van der Waals surface area contributed by atoms with Crippen molar-refractivity contribution in [3.8, 4) is 0 Å². The molecule has 0 aromatic heterocycles. The van der Waals surface area contributed by atoms with Crippen molar-refractivity contribution in [2.24, 2.45) is 5.73 Å². The quantitative estimate of drug-likeness (QED) is 0.886. The topological polar surface area (TPSA) is 63.4 Å². The average molecular weight is 357 g/mol. The van der Waals surface area contributed by atoms with Crippen LogP contribution in [-0.2, 0) is 16.2 Å². The third-order valence-corrected chi connectivity index (χ3v) is 6.20. The molecule has 1 heterocycles. The number of nitrogens with two attached hydrogens (primary N) is 1. The van der Waals surface area contributed by atoms with Gasteiger partial charge in [0.25, 0.3) is 0 Å². The second-order valence-corrected chi connectivity index (χ2v) is 7.66. The molecule has 1 aliphatic rings. The standard InChI is InChI=1S/C13H16ClF3N2O2S/c1-8-6-10(18)4-5-19(8)22(20,21)12-3-2-9(7-11(12)14)13(15,16)17/h2-3,7-8,10H,4-6,18H2,1H3/t8-,10+/m1/s1. The Morgan fingerprint density at radius 3 is 2.50 bits per heavy atom. The highest BCUT2D eigenvalue weighted by atomic mass is 35.5. The van der Waals surface area contributed by atoms with Crippen molar-refractivity contribution in [2.45, 2.75) is 42.9 Å². The average Bonchev–Trinajstić information content (AvgIpc) is 2.36. The molecule has 1 aliphatic heterocycles. The Bertz CT molecular complexity index is 664. The third-order valence-electron chi connectivity index (χ3n) is 3.70. The molecule has 22 heavy (non-hydrogen) atoms. The Labute approximate surface area is 132 Å². The number of hydrogen-bond donors (Lipinski definition) is 1. The van der Waals surface area contributed by atoms with Gasteiger partial charge in [0.05, 0.1) is 10.6 Å². The van der Waals surface area contributed by atoms with Crippen LogP contribution in [0.25, 0.3) is 0 Å². The molecule has 4 nitrogen and oxygen atoms in total. The maximum atomic E-state index is 12.6. The van der Waals surface area contributed by atoms with Crippen LogP contribution in [0.15, 0.2) is 23.1 Å². The summed E-state index contributed by atoms with van der Waals surface area (Å²) in [6.45, 7) is 1.94. The number of sulfonamides is 1. The van der Waals surface area contributed by atoms with Crippen molar-refractivity contribution in [1.29, 1.82) is 0 Å². The molecule has 0 bridgehead atoms. The van der Waals surface area contributed by atoms with E-state index >= 15 is 0 Å². The number of nitrogens with zero attached hydrogens (tertiary/aromatic N) is 1. The van der Waals surface area contributed by atoms with Crippen LogP contribution in [0.5, 0.6) is 0 Å². The van der Waals surface area contributed by atoms with Crippen molar-refractivity contribution >= 4 is 21.6 Å². The van der Waals surface area contributed by atoms with E-state index in [4.69, 9.17) is 17.3 Å². The maximum Gasteiger partial charge on any atom is 0.416 e. The minimum absolute atomic E-state index is 0.0791. The van der Waals surface area contributed by atoms with Gasteiger partial charge in [0.1, 0.15) is 4.90 Å². The lowest BCUT2D eigenvalue weighted by atomic mass is 10.0. The first-order valence-corrected chi connectivity index (χ1v) is 8.49. The second kappa shape index (κ2) is 5.99. The van der Waals surface area contributed by atoms with Crippen LogP contribution in [0, 0.1) is 0 Å². The molecular weight excluding hydrogens is 341 g/mol. The Hall–Kier alpha value is -0.830. The van der Waals surface area contributed by atoms with Crippen LogP contribution in [0.3, 0.4) is 0 Å². The van der Waals surface area contributed by atoms with E-state index < -0.39 is 26.8 Å². The van der Waals surface area contributed by atoms with Crippen molar-refractivity contribution in [3.05, 3.63) is 28.8 Å². The van der Waals surface area contributed by atoms with Crippen molar-refractivity contribution in [1.82, 2.24) is 4.31 Å². The normalized spacial score (nSPS) is 24.5. The first-order valence-electron chi connectivity index (χ1n) is 6.67. The smallest absolute Gasteiger partial charge is 0.328 e. The minimum Gasteiger partial charge on any atom is -0.328 e. The molecule has 0 unspecified atom stereocenters. The summed E-state index contributed by atoms with van der Waals surface area (Å²) in [5.74, 6) is 0. The Morgan fingerprint density at radius 2 is 2.00 bits per heavy atom. The minimum atomic E-state index is -4.57. The number of rotatable bonds is 2. The van der Waals surface area contributed by atoms with Crippen molar-refractivity contribution in [2.75, 3.05) is 6.54 Å². The van der Waals surface area contributed by atoms with E-state index in [1.54, 1.807) is 6.92 Å². The molecule has 1 fully saturated rings. The Kier molecular flexibility index (Phi) is 4.77. The van der Waals surface area contributed by atoms with Crippen LogP contribution in [0.2, 0.25) is 5.02 Å². The fourth-order valence-electron chi connectivity index (χ4n) is 2.56. The SMILES string of the molecule is C[C@@H]1C[C@@H](N)CCN1S(=O)(=O)c1ccc(C(F)(F)F)cc1Cl. The molecule has 2 atom stereocenters. The van der Waals surface area contributed by atoms with Gasteiger partial charge in [-0.05, 0) is 38.0 Å². The fraction of sp³-hybridized carbons (Fsp3) is 0.538. The monoisotopic (exact) mass is 356 g/mol. The maximum absolute atomic E-state index is 12.6. The zero-order chi connectivity index (χ0) is 16.7. The van der Waals surface area contributed by atoms with E-state index in [2.05, 4.69) is 0 Å². The van der Waals surface area contributed by atoms with E-state index in [-0.39, 0.29) is 23.5 Å². The molecule has 9 heteroatoms. The van der Waals surface area contributed by atoms with Crippen molar-refractivity contribution in [3.63, 3.8) is 0 Å². The third kappa shape index (κ3) is 3.40. The summed E-state index contributed by atoms with van der Waals surface area (Å²) in [6, 6.07) is 1.85. The Morgan fingerprint density at radius 1 is 1.36 bits per heavy atom. The Balaban J connectivity index is 2.38. The van der Waals surface area contributed by atoms with E-state index in [1.807, 2.05) is 0 Å². The molecule has 1 aromatic rings. The van der Waals surface area contributed by atoms with Crippen LogP contribution in [0.1, 0.15) is 25.3 Å². The summed E-state index contributed by atoms with van der Waals surface area (Å²) in [5.41, 5.74) is 4.81. The highest BCUT2D eigenvalue weighted by Crippen LogP contribution is 2.35. The predicted octanol–water partition coefficient (Wildman–Crippen LogP) is 2.86. The van der Waals surface area contributed by atoms with Gasteiger partial charge in [-0.25, -0.2) is 8.42 Å². The van der Waals surface area contributed by atoms with Gasteiger partial charge < -0.3 is 5.73 Å². The first kappa shape index (κ1) is 17.5. The van der Waals surface area contributed by atoms with Crippen LogP contribution < -0.4 is 5.73 Å². The van der Waals surface area contributed by atoms with Gasteiger partial charge in [-0.2, -0.15) is 17.5 Å². The largest absolute Gasteiger partial charge is 0.416 e. The molecule has 1 aromatic carbocycles. The molecule has 0 spiro atoms. The van der Waals surface area contributed by atoms with Gasteiger partial charge in [0.15, 0.2) is 0 Å². The lowest BCUT2D eigenvalue weighted by Crippen LogP contribution is -2.48. The van der Waals surface area contributed by atoms with Crippen molar-refractivity contribution < 1.29 is 21.6 Å². The van der Waals surface area contributed by atoms with E-state index in [0.29, 0.717) is 18.9 Å². The first-order chi connectivity index (χ1) is 10.0. The lowest BCUT2D eigenvalue weighted by Gasteiger charge is -2.35. The van der Waals surface area contributed by atoms with Gasteiger partial charge in [-0.3, -0.25) is 0 Å². The van der Waals surface area contributed by atoms with Crippen LogP contribution >= 0.6 is 11.6 Å². The van der Waals surface area contributed by atoms with E-state index in [1.165, 1.54) is 4.31 Å². The molecule has 0 radical (unpaired) electrons. The molecule has 0 saturated carbocycles. The van der Waals surface area contributed by atoms with E-state index in [0.717, 1.165) is 12.1 Å². The number of hydrogen-bond acceptors (Lipinski definition) is 3. The summed E-state index contributed by atoms with van der Waals surface area (Å²) in [5, 5.41) is -0.433. The van der Waals surface area contributed by atoms with E-state index in [9.17, 15) is 21.6 Å². The molecule has 2 N–H and O–H groups in total. The lowest BCUT2D eigenvalue weighted by molar-refractivity contribution is -0.137. The number of piperidine rings is 1.